The number of nitro benzene ring substituents is 1. The van der Waals surface area contributed by atoms with E-state index in [2.05, 4.69) is 21.2 Å². The van der Waals surface area contributed by atoms with Crippen LogP contribution in [0.5, 0.6) is 0 Å². The van der Waals surface area contributed by atoms with Gasteiger partial charge in [-0.25, -0.2) is 8.42 Å². The van der Waals surface area contributed by atoms with Gasteiger partial charge in [-0.2, -0.15) is 0 Å². The third kappa shape index (κ3) is 6.50. The molecular formula is C20H23BrN4O6S. The third-order valence-corrected chi connectivity index (χ3v) is 6.36. The van der Waals surface area contributed by atoms with E-state index in [1.165, 1.54) is 37.1 Å². The first-order valence-corrected chi connectivity index (χ1v) is 12.1. The van der Waals surface area contributed by atoms with Gasteiger partial charge in [0.25, 0.3) is 5.69 Å². The van der Waals surface area contributed by atoms with Crippen molar-refractivity contribution in [3.05, 3.63) is 68.7 Å². The van der Waals surface area contributed by atoms with E-state index in [1.807, 2.05) is 0 Å². The summed E-state index contributed by atoms with van der Waals surface area (Å²) < 4.78 is 26.5. The highest BCUT2D eigenvalue weighted by molar-refractivity contribution is 9.10. The number of anilines is 1. The second-order valence-electron chi connectivity index (χ2n) is 6.98. The molecular weight excluding hydrogens is 504 g/mol. The van der Waals surface area contributed by atoms with Gasteiger partial charge in [0.05, 0.1) is 16.9 Å². The van der Waals surface area contributed by atoms with Gasteiger partial charge >= 0.3 is 0 Å². The average molecular weight is 527 g/mol. The van der Waals surface area contributed by atoms with Crippen LogP contribution in [0.2, 0.25) is 0 Å². The highest BCUT2D eigenvalue weighted by Crippen LogP contribution is 2.24. The number of sulfonamides is 1. The maximum atomic E-state index is 13.2. The molecule has 0 aliphatic heterocycles. The molecule has 2 aromatic carbocycles. The number of hydrogen-bond acceptors (Lipinski definition) is 6. The maximum Gasteiger partial charge on any atom is 0.271 e. The molecule has 2 amide bonds. The number of likely N-dealkylation sites (N-methyl/N-ethyl adjacent to an activating group) is 1. The van der Waals surface area contributed by atoms with Gasteiger partial charge in [0, 0.05) is 30.2 Å². The molecule has 0 spiro atoms. The molecule has 0 radical (unpaired) electrons. The van der Waals surface area contributed by atoms with E-state index in [9.17, 15) is 28.1 Å². The minimum absolute atomic E-state index is 0.0220. The summed E-state index contributed by atoms with van der Waals surface area (Å²) in [6.07, 6.45) is 0.903. The summed E-state index contributed by atoms with van der Waals surface area (Å²) in [6.45, 7) is 0.971. The van der Waals surface area contributed by atoms with Crippen LogP contribution in [0, 0.1) is 10.1 Å². The first-order chi connectivity index (χ1) is 14.9. The molecule has 1 N–H and O–H groups in total. The Bertz CT molecular complexity index is 1110. The molecule has 2 rings (SSSR count). The lowest BCUT2D eigenvalue weighted by atomic mass is 10.1. The van der Waals surface area contributed by atoms with E-state index in [1.54, 1.807) is 24.3 Å². The van der Waals surface area contributed by atoms with Crippen LogP contribution in [0.15, 0.2) is 53.0 Å². The van der Waals surface area contributed by atoms with Crippen molar-refractivity contribution in [3.63, 3.8) is 0 Å². The van der Waals surface area contributed by atoms with Crippen LogP contribution < -0.4 is 9.62 Å². The standard InChI is InChI=1S/C20H23BrN4O6S/c1-14(20(27)22-2)23(12-15-7-9-16(21)10-8-15)19(26)13-24(32(3,30)31)17-5-4-6-18(11-17)25(28)29/h4-11,14H,12-13H2,1-3H3,(H,22,27). The van der Waals surface area contributed by atoms with E-state index in [0.29, 0.717) is 0 Å². The highest BCUT2D eigenvalue weighted by atomic mass is 79.9. The number of hydrogen-bond donors (Lipinski definition) is 1. The largest absolute Gasteiger partial charge is 0.357 e. The molecule has 0 aliphatic carbocycles. The first-order valence-electron chi connectivity index (χ1n) is 9.41. The lowest BCUT2D eigenvalue weighted by molar-refractivity contribution is -0.384. The predicted molar refractivity (Wildman–Crippen MR) is 124 cm³/mol. The molecule has 0 aromatic heterocycles. The Hall–Kier alpha value is -2.99. The number of carbonyl (C=O) groups excluding carboxylic acids is 2. The zero-order chi connectivity index (χ0) is 24.1. The fourth-order valence-electron chi connectivity index (χ4n) is 2.95. The Morgan fingerprint density at radius 2 is 1.81 bits per heavy atom. The van der Waals surface area contributed by atoms with E-state index in [0.717, 1.165) is 26.7 Å². The van der Waals surface area contributed by atoms with Gasteiger partial charge < -0.3 is 10.2 Å². The maximum absolute atomic E-state index is 13.2. The van der Waals surface area contributed by atoms with Gasteiger partial charge in [-0.3, -0.25) is 24.0 Å². The molecule has 172 valence electrons. The molecule has 2 aromatic rings. The van der Waals surface area contributed by atoms with Crippen LogP contribution in [0.1, 0.15) is 12.5 Å². The summed E-state index contributed by atoms with van der Waals surface area (Å²) in [5.41, 5.74) is 0.402. The van der Waals surface area contributed by atoms with Crippen molar-refractivity contribution in [1.82, 2.24) is 10.2 Å². The monoisotopic (exact) mass is 526 g/mol. The van der Waals surface area contributed by atoms with E-state index >= 15 is 0 Å². The van der Waals surface area contributed by atoms with Crippen molar-refractivity contribution in [2.75, 3.05) is 24.2 Å². The average Bonchev–Trinajstić information content (AvgIpc) is 2.75. The fourth-order valence-corrected chi connectivity index (χ4v) is 4.06. The molecule has 0 saturated carbocycles. The second-order valence-corrected chi connectivity index (χ2v) is 9.81. The summed E-state index contributed by atoms with van der Waals surface area (Å²) in [5.74, 6) is -1.06. The number of benzene rings is 2. The normalized spacial score (nSPS) is 12.0. The van der Waals surface area contributed by atoms with E-state index in [4.69, 9.17) is 0 Å². The van der Waals surface area contributed by atoms with E-state index < -0.39 is 39.3 Å². The Kier molecular flexibility index (Phi) is 8.33. The minimum atomic E-state index is -3.96. The summed E-state index contributed by atoms with van der Waals surface area (Å²) >= 11 is 3.33. The summed E-state index contributed by atoms with van der Waals surface area (Å²) in [5, 5.41) is 13.6. The molecule has 0 saturated heterocycles. The molecule has 0 bridgehead atoms. The highest BCUT2D eigenvalue weighted by Gasteiger charge is 2.30. The van der Waals surface area contributed by atoms with Crippen LogP contribution in [0.25, 0.3) is 0 Å². The number of carbonyl (C=O) groups is 2. The zero-order valence-electron chi connectivity index (χ0n) is 17.7. The van der Waals surface area contributed by atoms with Gasteiger partial charge in [-0.1, -0.05) is 34.1 Å². The SMILES string of the molecule is CNC(=O)C(C)N(Cc1ccc(Br)cc1)C(=O)CN(c1cccc([N+](=O)[O-])c1)S(C)(=O)=O. The van der Waals surface area contributed by atoms with E-state index in [-0.39, 0.29) is 17.9 Å². The molecule has 0 heterocycles. The molecule has 0 fully saturated rings. The van der Waals surface area contributed by atoms with Crippen molar-refractivity contribution in [3.8, 4) is 0 Å². The van der Waals surface area contributed by atoms with Crippen molar-refractivity contribution in [1.29, 1.82) is 0 Å². The molecule has 0 aliphatic rings. The smallest absolute Gasteiger partial charge is 0.271 e. The van der Waals surface area contributed by atoms with Gasteiger partial charge in [-0.05, 0) is 30.7 Å². The van der Waals surface area contributed by atoms with Gasteiger partial charge in [0.15, 0.2) is 0 Å². The molecule has 1 atom stereocenters. The number of halogens is 1. The lowest BCUT2D eigenvalue weighted by Crippen LogP contribution is -2.50. The van der Waals surface area contributed by atoms with Crippen LogP contribution in [-0.4, -0.2) is 55.9 Å². The van der Waals surface area contributed by atoms with Gasteiger partial charge in [0.2, 0.25) is 21.8 Å². The molecule has 32 heavy (non-hydrogen) atoms. The van der Waals surface area contributed by atoms with Crippen LogP contribution >= 0.6 is 15.9 Å². The predicted octanol–water partition coefficient (Wildman–Crippen LogP) is 2.29. The summed E-state index contributed by atoms with van der Waals surface area (Å²) in [7, 11) is -2.52. The number of nitrogens with one attached hydrogen (secondary N) is 1. The number of nitro groups is 1. The lowest BCUT2D eigenvalue weighted by Gasteiger charge is -2.31. The Morgan fingerprint density at radius 1 is 1.19 bits per heavy atom. The summed E-state index contributed by atoms with van der Waals surface area (Å²) in [4.78, 5) is 37.2. The van der Waals surface area contributed by atoms with Crippen molar-refractivity contribution in [2.24, 2.45) is 0 Å². The van der Waals surface area contributed by atoms with Gasteiger partial charge in [-0.15, -0.1) is 0 Å². The van der Waals surface area contributed by atoms with Gasteiger partial charge in [0.1, 0.15) is 12.6 Å². The Morgan fingerprint density at radius 3 is 2.34 bits per heavy atom. The number of nitrogens with zero attached hydrogens (tertiary/aromatic N) is 3. The molecule has 10 nitrogen and oxygen atoms in total. The number of rotatable bonds is 9. The van der Waals surface area contributed by atoms with Crippen LogP contribution in [0.4, 0.5) is 11.4 Å². The first kappa shape index (κ1) is 25.3. The molecule has 12 heteroatoms. The topological polar surface area (TPSA) is 130 Å². The molecule has 1 unspecified atom stereocenters. The van der Waals surface area contributed by atoms with Crippen LogP contribution in [0.3, 0.4) is 0 Å². The second kappa shape index (κ2) is 10.6. The zero-order valence-corrected chi connectivity index (χ0v) is 20.1. The quantitative estimate of drug-likeness (QED) is 0.394. The Balaban J connectivity index is 2.41. The van der Waals surface area contributed by atoms with Crippen LogP contribution in [-0.2, 0) is 26.2 Å². The minimum Gasteiger partial charge on any atom is -0.357 e. The fraction of sp³-hybridized carbons (Fsp3) is 0.300. The third-order valence-electron chi connectivity index (χ3n) is 4.69. The van der Waals surface area contributed by atoms with Crippen molar-refractivity contribution < 1.29 is 22.9 Å². The Labute approximate surface area is 194 Å². The summed E-state index contributed by atoms with van der Waals surface area (Å²) in [6, 6.07) is 11.2. The number of amides is 2. The van der Waals surface area contributed by atoms with Crippen molar-refractivity contribution >= 4 is 49.1 Å². The van der Waals surface area contributed by atoms with Crippen molar-refractivity contribution in [2.45, 2.75) is 19.5 Å². The number of non-ortho nitro benzene ring substituents is 1.